The van der Waals surface area contributed by atoms with Crippen molar-refractivity contribution >= 4 is 5.97 Å². The van der Waals surface area contributed by atoms with Gasteiger partial charge >= 0.3 is 5.97 Å². The highest BCUT2D eigenvalue weighted by molar-refractivity contribution is 5.75. The molecule has 0 aromatic heterocycles. The van der Waals surface area contributed by atoms with Crippen molar-refractivity contribution in [1.82, 2.24) is 10.2 Å². The Morgan fingerprint density at radius 3 is 2.61 bits per heavy atom. The van der Waals surface area contributed by atoms with E-state index in [9.17, 15) is 4.79 Å². The number of ether oxygens (including phenoxy) is 1. The van der Waals surface area contributed by atoms with Crippen molar-refractivity contribution in [3.05, 3.63) is 0 Å². The van der Waals surface area contributed by atoms with Crippen LogP contribution in [0.3, 0.4) is 0 Å². The van der Waals surface area contributed by atoms with Crippen molar-refractivity contribution in [3.8, 4) is 0 Å². The maximum atomic E-state index is 11.7. The third-order valence-electron chi connectivity index (χ3n) is 3.89. The number of carbonyl (C=O) groups is 1. The molecule has 0 bridgehead atoms. The third kappa shape index (κ3) is 4.94. The normalized spacial score (nSPS) is 18.9. The average Bonchev–Trinajstić information content (AvgIpc) is 2.40. The van der Waals surface area contributed by atoms with Crippen LogP contribution in [-0.2, 0) is 9.53 Å². The van der Waals surface area contributed by atoms with Crippen LogP contribution < -0.4 is 5.32 Å². The van der Waals surface area contributed by atoms with Gasteiger partial charge in [0.15, 0.2) is 0 Å². The maximum absolute atomic E-state index is 11.7. The number of esters is 1. The van der Waals surface area contributed by atoms with Crippen LogP contribution in [0.2, 0.25) is 0 Å². The number of nitrogens with zero attached hydrogens (tertiary/aromatic N) is 1. The fourth-order valence-electron chi connectivity index (χ4n) is 2.66. The molecule has 0 spiro atoms. The van der Waals surface area contributed by atoms with E-state index in [2.05, 4.69) is 17.3 Å². The smallest absolute Gasteiger partial charge is 0.323 e. The second-order valence-electron chi connectivity index (χ2n) is 5.15. The Hall–Kier alpha value is -0.610. The van der Waals surface area contributed by atoms with Crippen LogP contribution in [0.15, 0.2) is 0 Å². The minimum atomic E-state index is -0.170. The van der Waals surface area contributed by atoms with Crippen molar-refractivity contribution in [1.29, 1.82) is 0 Å². The molecule has 0 radical (unpaired) electrons. The summed E-state index contributed by atoms with van der Waals surface area (Å²) in [5.74, 6) is -0.128. The van der Waals surface area contributed by atoms with Gasteiger partial charge in [-0.15, -0.1) is 0 Å². The predicted molar refractivity (Wildman–Crippen MR) is 73.6 cm³/mol. The van der Waals surface area contributed by atoms with Gasteiger partial charge in [0.1, 0.15) is 6.04 Å². The summed E-state index contributed by atoms with van der Waals surface area (Å²) in [6.07, 6.45) is 7.51. The summed E-state index contributed by atoms with van der Waals surface area (Å²) in [6.45, 7) is 3.25. The zero-order valence-corrected chi connectivity index (χ0v) is 12.1. The zero-order chi connectivity index (χ0) is 13.4. The summed E-state index contributed by atoms with van der Waals surface area (Å²) in [5.41, 5.74) is 0. The molecule has 0 aliphatic heterocycles. The standard InChI is InChI=1S/C14H28N2O2/c1-4-18-14(17)13(15-2)10-11-16(3)12-8-6-5-7-9-12/h12-13,15H,4-11H2,1-3H3. The summed E-state index contributed by atoms with van der Waals surface area (Å²) in [7, 11) is 4.00. The molecule has 106 valence electrons. The molecule has 1 unspecified atom stereocenters. The maximum Gasteiger partial charge on any atom is 0.323 e. The quantitative estimate of drug-likeness (QED) is 0.705. The average molecular weight is 256 g/mol. The van der Waals surface area contributed by atoms with E-state index in [0.29, 0.717) is 12.6 Å². The Kier molecular flexibility index (Phi) is 7.28. The zero-order valence-electron chi connectivity index (χ0n) is 12.1. The van der Waals surface area contributed by atoms with Crippen LogP contribution in [0, 0.1) is 0 Å². The van der Waals surface area contributed by atoms with E-state index in [1.807, 2.05) is 14.0 Å². The van der Waals surface area contributed by atoms with Crippen LogP contribution in [0.1, 0.15) is 45.4 Å². The molecular formula is C14H28N2O2. The van der Waals surface area contributed by atoms with Gasteiger partial charge in [0.2, 0.25) is 0 Å². The molecule has 0 aromatic carbocycles. The molecule has 1 rings (SSSR count). The first-order valence-electron chi connectivity index (χ1n) is 7.23. The summed E-state index contributed by atoms with van der Waals surface area (Å²) >= 11 is 0. The molecule has 1 saturated carbocycles. The van der Waals surface area contributed by atoms with Crippen LogP contribution in [-0.4, -0.2) is 50.2 Å². The van der Waals surface area contributed by atoms with Crippen LogP contribution >= 0.6 is 0 Å². The summed E-state index contributed by atoms with van der Waals surface area (Å²) in [5, 5.41) is 3.04. The first-order chi connectivity index (χ1) is 8.69. The molecule has 18 heavy (non-hydrogen) atoms. The molecule has 4 nitrogen and oxygen atoms in total. The first kappa shape index (κ1) is 15.4. The largest absolute Gasteiger partial charge is 0.465 e. The second kappa shape index (κ2) is 8.48. The van der Waals surface area contributed by atoms with Gasteiger partial charge in [-0.1, -0.05) is 19.3 Å². The van der Waals surface area contributed by atoms with Gasteiger partial charge in [0.25, 0.3) is 0 Å². The summed E-state index contributed by atoms with van der Waals surface area (Å²) in [4.78, 5) is 14.1. The first-order valence-corrected chi connectivity index (χ1v) is 7.23. The lowest BCUT2D eigenvalue weighted by molar-refractivity contribution is -0.145. The van der Waals surface area contributed by atoms with Crippen molar-refractivity contribution in [3.63, 3.8) is 0 Å². The topological polar surface area (TPSA) is 41.6 Å². The van der Waals surface area contributed by atoms with Gasteiger partial charge in [-0.3, -0.25) is 4.79 Å². The Bertz CT molecular complexity index is 240. The minimum absolute atomic E-state index is 0.128. The third-order valence-corrected chi connectivity index (χ3v) is 3.89. The van der Waals surface area contributed by atoms with E-state index in [4.69, 9.17) is 4.74 Å². The van der Waals surface area contributed by atoms with E-state index < -0.39 is 0 Å². The lowest BCUT2D eigenvalue weighted by Gasteiger charge is -2.31. The Morgan fingerprint density at radius 2 is 2.06 bits per heavy atom. The molecule has 0 aromatic rings. The minimum Gasteiger partial charge on any atom is -0.465 e. The molecule has 1 fully saturated rings. The molecule has 1 aliphatic carbocycles. The van der Waals surface area contributed by atoms with Crippen LogP contribution in [0.25, 0.3) is 0 Å². The number of carbonyl (C=O) groups excluding carboxylic acids is 1. The highest BCUT2D eigenvalue weighted by Crippen LogP contribution is 2.21. The Labute approximate surface area is 111 Å². The van der Waals surface area contributed by atoms with E-state index in [0.717, 1.165) is 13.0 Å². The second-order valence-corrected chi connectivity index (χ2v) is 5.15. The lowest BCUT2D eigenvalue weighted by atomic mass is 9.94. The van der Waals surface area contributed by atoms with Gasteiger partial charge in [-0.25, -0.2) is 0 Å². The lowest BCUT2D eigenvalue weighted by Crippen LogP contribution is -2.41. The van der Waals surface area contributed by atoms with Crippen molar-refractivity contribution in [2.24, 2.45) is 0 Å². The SMILES string of the molecule is CCOC(=O)C(CCN(C)C1CCCCC1)NC. The molecule has 1 aliphatic rings. The molecular weight excluding hydrogens is 228 g/mol. The number of hydrogen-bond acceptors (Lipinski definition) is 4. The monoisotopic (exact) mass is 256 g/mol. The number of nitrogens with one attached hydrogen (secondary N) is 1. The Balaban J connectivity index is 2.30. The predicted octanol–water partition coefficient (Wildman–Crippen LogP) is 1.79. The molecule has 0 saturated heterocycles. The van der Waals surface area contributed by atoms with Crippen molar-refractivity contribution < 1.29 is 9.53 Å². The fraction of sp³-hybridized carbons (Fsp3) is 0.929. The molecule has 1 N–H and O–H groups in total. The summed E-state index contributed by atoms with van der Waals surface area (Å²) in [6, 6.07) is 0.537. The molecule has 4 heteroatoms. The van der Waals surface area contributed by atoms with E-state index in [1.54, 1.807) is 0 Å². The highest BCUT2D eigenvalue weighted by Gasteiger charge is 2.21. The van der Waals surface area contributed by atoms with E-state index in [1.165, 1.54) is 32.1 Å². The highest BCUT2D eigenvalue weighted by atomic mass is 16.5. The number of likely N-dealkylation sites (N-methyl/N-ethyl adjacent to an activating group) is 1. The summed E-state index contributed by atoms with van der Waals surface area (Å²) < 4.78 is 5.05. The molecule has 1 atom stereocenters. The van der Waals surface area contributed by atoms with Gasteiger partial charge < -0.3 is 15.0 Å². The van der Waals surface area contributed by atoms with Crippen molar-refractivity contribution in [2.75, 3.05) is 27.2 Å². The number of rotatable bonds is 7. The van der Waals surface area contributed by atoms with Crippen LogP contribution in [0.4, 0.5) is 0 Å². The number of hydrogen-bond donors (Lipinski definition) is 1. The van der Waals surface area contributed by atoms with Gasteiger partial charge in [0.05, 0.1) is 6.61 Å². The van der Waals surface area contributed by atoms with Gasteiger partial charge in [0, 0.05) is 12.6 Å². The fourth-order valence-corrected chi connectivity index (χ4v) is 2.66. The van der Waals surface area contributed by atoms with Crippen LogP contribution in [0.5, 0.6) is 0 Å². The van der Waals surface area contributed by atoms with Gasteiger partial charge in [-0.05, 0) is 40.3 Å². The van der Waals surface area contributed by atoms with Crippen molar-refractivity contribution in [2.45, 2.75) is 57.5 Å². The van der Waals surface area contributed by atoms with E-state index >= 15 is 0 Å². The van der Waals surface area contributed by atoms with E-state index in [-0.39, 0.29) is 12.0 Å². The van der Waals surface area contributed by atoms with Gasteiger partial charge in [-0.2, -0.15) is 0 Å². The molecule has 0 amide bonds. The Morgan fingerprint density at radius 1 is 1.39 bits per heavy atom. The molecule has 0 heterocycles.